The Bertz CT molecular complexity index is 1610. The molecule has 0 bridgehead atoms. The van der Waals surface area contributed by atoms with Crippen molar-refractivity contribution in [2.75, 3.05) is 31.1 Å². The molecule has 10 heteroatoms. The molecule has 0 radical (unpaired) electrons. The Morgan fingerprint density at radius 2 is 1.48 bits per heavy atom. The number of rotatable bonds is 7. The van der Waals surface area contributed by atoms with Gasteiger partial charge in [-0.15, -0.1) is 21.5 Å². The van der Waals surface area contributed by atoms with Gasteiger partial charge in [0.1, 0.15) is 11.6 Å². The van der Waals surface area contributed by atoms with Gasteiger partial charge < -0.3 is 9.80 Å². The van der Waals surface area contributed by atoms with E-state index in [9.17, 15) is 13.6 Å². The molecule has 1 saturated heterocycles. The molecule has 1 amide bonds. The number of hydrogen-bond donors (Lipinski definition) is 0. The van der Waals surface area contributed by atoms with Crippen LogP contribution in [-0.4, -0.2) is 51.8 Å². The van der Waals surface area contributed by atoms with Crippen molar-refractivity contribution in [2.24, 2.45) is 0 Å². The van der Waals surface area contributed by atoms with E-state index in [1.807, 2.05) is 57.6 Å². The van der Waals surface area contributed by atoms with E-state index < -0.39 is 0 Å². The molecule has 0 aliphatic carbocycles. The van der Waals surface area contributed by atoms with Crippen LogP contribution in [0.4, 0.5) is 14.5 Å². The molecule has 1 aliphatic heterocycles. The van der Waals surface area contributed by atoms with Gasteiger partial charge >= 0.3 is 0 Å². The van der Waals surface area contributed by atoms with E-state index in [0.717, 1.165) is 10.4 Å². The molecule has 2 aromatic heterocycles. The second kappa shape index (κ2) is 11.6. The monoisotopic (exact) mass is 573 g/mol. The zero-order valence-corrected chi connectivity index (χ0v) is 23.0. The summed E-state index contributed by atoms with van der Waals surface area (Å²) in [5.41, 5.74) is 2.59. The minimum absolute atomic E-state index is 0.0349. The van der Waals surface area contributed by atoms with Crippen molar-refractivity contribution in [3.8, 4) is 16.4 Å². The number of thioether (sulfide) groups is 1. The van der Waals surface area contributed by atoms with Gasteiger partial charge in [0.05, 0.1) is 16.3 Å². The smallest absolute Gasteiger partial charge is 0.253 e. The number of hydrogen-bond acceptors (Lipinski definition) is 6. The normalized spacial score (nSPS) is 13.6. The topological polar surface area (TPSA) is 54.3 Å². The fraction of sp³-hybridized carbons (Fsp3) is 0.167. The predicted molar refractivity (Wildman–Crippen MR) is 155 cm³/mol. The van der Waals surface area contributed by atoms with Crippen molar-refractivity contribution in [1.82, 2.24) is 19.7 Å². The van der Waals surface area contributed by atoms with Crippen LogP contribution in [0.15, 0.2) is 95.5 Å². The molecule has 5 aromatic rings. The number of carbonyl (C=O) groups is 1. The first-order valence-electron chi connectivity index (χ1n) is 12.8. The molecular weight excluding hydrogens is 548 g/mol. The third-order valence-electron chi connectivity index (χ3n) is 6.80. The quantitative estimate of drug-likeness (QED) is 0.207. The van der Waals surface area contributed by atoms with E-state index in [1.54, 1.807) is 34.9 Å². The lowest BCUT2D eigenvalue weighted by Crippen LogP contribution is -2.49. The first-order valence-corrected chi connectivity index (χ1v) is 14.7. The summed E-state index contributed by atoms with van der Waals surface area (Å²) in [4.78, 5) is 17.8. The summed E-state index contributed by atoms with van der Waals surface area (Å²) in [6.45, 7) is 2.22. The summed E-state index contributed by atoms with van der Waals surface area (Å²) >= 11 is 2.98. The van der Waals surface area contributed by atoms with Gasteiger partial charge in [-0.3, -0.25) is 9.36 Å². The average molecular weight is 574 g/mol. The van der Waals surface area contributed by atoms with Crippen LogP contribution in [-0.2, 0) is 5.75 Å². The van der Waals surface area contributed by atoms with E-state index in [2.05, 4.69) is 10.2 Å². The highest BCUT2D eigenvalue weighted by molar-refractivity contribution is 7.98. The number of aromatic nitrogens is 3. The summed E-state index contributed by atoms with van der Waals surface area (Å²) in [6.07, 6.45) is 0. The molecule has 0 saturated carbocycles. The number of halogens is 2. The van der Waals surface area contributed by atoms with Gasteiger partial charge in [0.25, 0.3) is 5.91 Å². The van der Waals surface area contributed by atoms with Gasteiger partial charge in [-0.1, -0.05) is 54.2 Å². The summed E-state index contributed by atoms with van der Waals surface area (Å²) in [5, 5.41) is 11.3. The van der Waals surface area contributed by atoms with Crippen LogP contribution >= 0.6 is 23.1 Å². The Hall–Kier alpha value is -4.02. The highest BCUT2D eigenvalue weighted by Gasteiger charge is 2.24. The van der Waals surface area contributed by atoms with E-state index in [0.29, 0.717) is 59.9 Å². The lowest BCUT2D eigenvalue weighted by molar-refractivity contribution is 0.0746. The number of nitrogens with zero attached hydrogens (tertiary/aromatic N) is 5. The van der Waals surface area contributed by atoms with E-state index in [1.165, 1.54) is 35.2 Å². The van der Waals surface area contributed by atoms with Gasteiger partial charge in [0, 0.05) is 37.5 Å². The van der Waals surface area contributed by atoms with Crippen LogP contribution in [0.5, 0.6) is 0 Å². The van der Waals surface area contributed by atoms with Gasteiger partial charge in [-0.2, -0.15) is 0 Å². The molecule has 1 fully saturated rings. The van der Waals surface area contributed by atoms with Gasteiger partial charge in [-0.05, 0) is 53.4 Å². The zero-order chi connectivity index (χ0) is 27.5. The van der Waals surface area contributed by atoms with E-state index >= 15 is 0 Å². The Balaban J connectivity index is 1.12. The number of para-hydroxylation sites is 2. The fourth-order valence-corrected chi connectivity index (χ4v) is 6.31. The first-order chi connectivity index (χ1) is 19.6. The summed E-state index contributed by atoms with van der Waals surface area (Å²) < 4.78 is 30.7. The van der Waals surface area contributed by atoms with Gasteiger partial charge in [-0.25, -0.2) is 8.78 Å². The number of benzene rings is 3. The fourth-order valence-electron chi connectivity index (χ4n) is 4.71. The maximum absolute atomic E-state index is 14.8. The van der Waals surface area contributed by atoms with Crippen molar-refractivity contribution >= 4 is 34.7 Å². The molecule has 202 valence electrons. The van der Waals surface area contributed by atoms with E-state index in [-0.39, 0.29) is 17.5 Å². The number of thiophene rings is 1. The number of anilines is 1. The van der Waals surface area contributed by atoms with Crippen molar-refractivity contribution in [3.63, 3.8) is 0 Å². The lowest BCUT2D eigenvalue weighted by Gasteiger charge is -2.36. The number of carbonyl (C=O) groups excluding carboxylic acids is 1. The molecule has 1 aliphatic rings. The Labute approximate surface area is 238 Å². The van der Waals surface area contributed by atoms with Crippen LogP contribution in [0.2, 0.25) is 0 Å². The Morgan fingerprint density at radius 3 is 2.12 bits per heavy atom. The molecule has 0 spiro atoms. The molecular formula is C30H25F2N5OS2. The van der Waals surface area contributed by atoms with Crippen molar-refractivity contribution in [1.29, 1.82) is 0 Å². The molecule has 0 atom stereocenters. The highest BCUT2D eigenvalue weighted by Crippen LogP contribution is 2.32. The molecule has 3 heterocycles. The second-order valence-corrected chi connectivity index (χ2v) is 11.2. The van der Waals surface area contributed by atoms with Crippen LogP contribution in [0.3, 0.4) is 0 Å². The average Bonchev–Trinajstić information content (AvgIpc) is 3.67. The van der Waals surface area contributed by atoms with Crippen LogP contribution in [0, 0.1) is 11.6 Å². The third kappa shape index (κ3) is 5.37. The van der Waals surface area contributed by atoms with Crippen molar-refractivity contribution < 1.29 is 13.6 Å². The summed E-state index contributed by atoms with van der Waals surface area (Å²) in [6, 6.07) is 24.7. The maximum Gasteiger partial charge on any atom is 0.253 e. The van der Waals surface area contributed by atoms with Gasteiger partial charge in [0.2, 0.25) is 0 Å². The largest absolute Gasteiger partial charge is 0.366 e. The maximum atomic E-state index is 14.8. The molecule has 6 nitrogen and oxygen atoms in total. The molecule has 0 unspecified atom stereocenters. The van der Waals surface area contributed by atoms with Crippen LogP contribution < -0.4 is 4.90 Å². The Morgan fingerprint density at radius 1 is 0.800 bits per heavy atom. The number of amides is 1. The standard InChI is InChI=1S/C30H25F2N5OS2/c31-23-6-1-3-8-25(23)35-15-17-36(18-16-35)29(38)22-13-11-21(12-14-22)20-40-30-34-33-28(27-10-5-19-39-27)37(30)26-9-4-2-7-24(26)32/h1-14,19H,15-18,20H2. The minimum atomic E-state index is -0.348. The number of piperazine rings is 1. The van der Waals surface area contributed by atoms with E-state index in [4.69, 9.17) is 0 Å². The minimum Gasteiger partial charge on any atom is -0.366 e. The van der Waals surface area contributed by atoms with Gasteiger partial charge in [0.15, 0.2) is 11.0 Å². The SMILES string of the molecule is O=C(c1ccc(CSc2nnc(-c3cccs3)n2-c2ccccc2F)cc1)N1CCN(c2ccccc2F)CC1. The second-order valence-electron chi connectivity index (χ2n) is 9.29. The lowest BCUT2D eigenvalue weighted by atomic mass is 10.1. The highest BCUT2D eigenvalue weighted by atomic mass is 32.2. The van der Waals surface area contributed by atoms with Crippen molar-refractivity contribution in [2.45, 2.75) is 10.9 Å². The third-order valence-corrected chi connectivity index (χ3v) is 8.66. The molecule has 3 aromatic carbocycles. The molecule has 0 N–H and O–H groups in total. The first kappa shape index (κ1) is 26.2. The zero-order valence-electron chi connectivity index (χ0n) is 21.4. The Kier molecular flexibility index (Phi) is 7.61. The van der Waals surface area contributed by atoms with Crippen molar-refractivity contribution in [3.05, 3.63) is 113 Å². The molecule has 6 rings (SSSR count). The summed E-state index contributed by atoms with van der Waals surface area (Å²) in [5.74, 6) is 0.545. The van der Waals surface area contributed by atoms with Crippen LogP contribution in [0.1, 0.15) is 15.9 Å². The molecule has 40 heavy (non-hydrogen) atoms. The van der Waals surface area contributed by atoms with Crippen LogP contribution in [0.25, 0.3) is 16.4 Å². The predicted octanol–water partition coefficient (Wildman–Crippen LogP) is 6.53. The summed E-state index contributed by atoms with van der Waals surface area (Å²) in [7, 11) is 0.